The van der Waals surface area contributed by atoms with E-state index in [1.807, 2.05) is 0 Å². The Morgan fingerprint density at radius 1 is 0.938 bits per heavy atom. The van der Waals surface area contributed by atoms with E-state index in [4.69, 9.17) is 11.5 Å². The summed E-state index contributed by atoms with van der Waals surface area (Å²) in [6.07, 6.45) is 2.29. The van der Waals surface area contributed by atoms with Gasteiger partial charge in [0, 0.05) is 0 Å². The molecule has 0 aromatic carbocycles. The second-order valence-electron chi connectivity index (χ2n) is 4.79. The van der Waals surface area contributed by atoms with Crippen molar-refractivity contribution in [3.63, 3.8) is 0 Å². The molecule has 0 saturated carbocycles. The maximum Gasteiger partial charge on any atom is -0.00110 e. The average molecular weight is 230 g/mol. The van der Waals surface area contributed by atoms with Crippen LogP contribution in [0.5, 0.6) is 0 Å². The highest BCUT2D eigenvalue weighted by atomic mass is 14.9. The summed E-state index contributed by atoms with van der Waals surface area (Å²) in [5.41, 5.74) is 11.0. The SMILES string of the molecule is CC(CN)CNCC(C)CCNCCCN. The van der Waals surface area contributed by atoms with Crippen molar-refractivity contribution in [3.8, 4) is 0 Å². The maximum absolute atomic E-state index is 5.56. The molecule has 0 aliphatic rings. The molecule has 0 rings (SSSR count). The molecule has 0 radical (unpaired) electrons. The first-order valence-electron chi connectivity index (χ1n) is 6.52. The molecule has 0 aromatic heterocycles. The third-order valence-electron chi connectivity index (χ3n) is 2.76. The van der Waals surface area contributed by atoms with Crippen LogP contribution in [0.2, 0.25) is 0 Å². The molecule has 0 bridgehead atoms. The van der Waals surface area contributed by atoms with Gasteiger partial charge in [-0.25, -0.2) is 0 Å². The normalized spacial score (nSPS) is 15.0. The zero-order valence-corrected chi connectivity index (χ0v) is 11.0. The zero-order valence-electron chi connectivity index (χ0n) is 11.0. The molecule has 0 saturated heterocycles. The topological polar surface area (TPSA) is 76.1 Å². The van der Waals surface area contributed by atoms with E-state index in [2.05, 4.69) is 24.5 Å². The molecule has 98 valence electrons. The van der Waals surface area contributed by atoms with E-state index in [1.54, 1.807) is 0 Å². The van der Waals surface area contributed by atoms with E-state index in [-0.39, 0.29) is 0 Å². The van der Waals surface area contributed by atoms with E-state index in [9.17, 15) is 0 Å². The standard InChI is InChI=1S/C12H30N4/c1-11(4-7-15-6-3-5-13)9-16-10-12(2)8-14/h11-12,15-16H,3-10,13-14H2,1-2H3. The van der Waals surface area contributed by atoms with Crippen molar-refractivity contribution in [1.29, 1.82) is 0 Å². The minimum absolute atomic E-state index is 0.579. The highest BCUT2D eigenvalue weighted by Gasteiger charge is 2.03. The summed E-state index contributed by atoms with van der Waals surface area (Å²) in [4.78, 5) is 0. The van der Waals surface area contributed by atoms with Crippen LogP contribution in [0, 0.1) is 11.8 Å². The number of hydrogen-bond donors (Lipinski definition) is 4. The van der Waals surface area contributed by atoms with Gasteiger partial charge in [0.05, 0.1) is 0 Å². The summed E-state index contributed by atoms with van der Waals surface area (Å²) < 4.78 is 0. The summed E-state index contributed by atoms with van der Waals surface area (Å²) in [6.45, 7) is 10.3. The van der Waals surface area contributed by atoms with E-state index < -0.39 is 0 Å². The molecule has 0 fully saturated rings. The lowest BCUT2D eigenvalue weighted by molar-refractivity contribution is 0.435. The summed E-state index contributed by atoms with van der Waals surface area (Å²) >= 11 is 0. The van der Waals surface area contributed by atoms with Gasteiger partial charge in [0.1, 0.15) is 0 Å². The lowest BCUT2D eigenvalue weighted by Gasteiger charge is -2.15. The summed E-state index contributed by atoms with van der Waals surface area (Å²) in [5, 5.41) is 6.86. The van der Waals surface area contributed by atoms with Gasteiger partial charge in [-0.1, -0.05) is 13.8 Å². The van der Waals surface area contributed by atoms with Gasteiger partial charge in [0.25, 0.3) is 0 Å². The van der Waals surface area contributed by atoms with Gasteiger partial charge < -0.3 is 22.1 Å². The molecule has 4 nitrogen and oxygen atoms in total. The van der Waals surface area contributed by atoms with E-state index in [0.717, 1.165) is 51.6 Å². The zero-order chi connectivity index (χ0) is 12.2. The fraction of sp³-hybridized carbons (Fsp3) is 1.00. The van der Waals surface area contributed by atoms with Crippen molar-refractivity contribution in [2.45, 2.75) is 26.7 Å². The van der Waals surface area contributed by atoms with Crippen LogP contribution >= 0.6 is 0 Å². The summed E-state index contributed by atoms with van der Waals surface area (Å²) in [7, 11) is 0. The van der Waals surface area contributed by atoms with E-state index >= 15 is 0 Å². The van der Waals surface area contributed by atoms with Crippen molar-refractivity contribution in [2.24, 2.45) is 23.3 Å². The molecule has 0 aliphatic carbocycles. The quantitative estimate of drug-likeness (QED) is 0.381. The number of hydrogen-bond acceptors (Lipinski definition) is 4. The number of nitrogens with two attached hydrogens (primary N) is 2. The van der Waals surface area contributed by atoms with Crippen LogP contribution in [-0.4, -0.2) is 39.3 Å². The Morgan fingerprint density at radius 2 is 1.62 bits per heavy atom. The second kappa shape index (κ2) is 11.3. The van der Waals surface area contributed by atoms with E-state index in [0.29, 0.717) is 5.92 Å². The first-order chi connectivity index (χ1) is 7.70. The molecule has 0 aliphatic heterocycles. The Bertz CT molecular complexity index is 141. The molecule has 0 heterocycles. The molecular formula is C12H30N4. The Balaban J connectivity index is 3.21. The van der Waals surface area contributed by atoms with E-state index in [1.165, 1.54) is 6.42 Å². The van der Waals surface area contributed by atoms with Crippen molar-refractivity contribution in [2.75, 3.05) is 39.3 Å². The molecule has 2 atom stereocenters. The number of nitrogens with one attached hydrogen (secondary N) is 2. The van der Waals surface area contributed by atoms with Gasteiger partial charge in [-0.2, -0.15) is 0 Å². The Hall–Kier alpha value is -0.160. The lowest BCUT2D eigenvalue weighted by atomic mass is 10.1. The molecule has 16 heavy (non-hydrogen) atoms. The highest BCUT2D eigenvalue weighted by Crippen LogP contribution is 1.98. The smallest absolute Gasteiger partial charge is 0.00110 e. The molecule has 0 aromatic rings. The summed E-state index contributed by atoms with van der Waals surface area (Å²) in [6, 6.07) is 0. The van der Waals surface area contributed by atoms with Gasteiger partial charge in [-0.05, 0) is 63.9 Å². The maximum atomic E-state index is 5.56. The predicted molar refractivity (Wildman–Crippen MR) is 71.4 cm³/mol. The molecule has 0 spiro atoms. The first-order valence-corrected chi connectivity index (χ1v) is 6.52. The van der Waals surface area contributed by atoms with Crippen molar-refractivity contribution in [1.82, 2.24) is 10.6 Å². The number of rotatable bonds is 11. The average Bonchev–Trinajstić information content (AvgIpc) is 2.28. The molecular weight excluding hydrogens is 200 g/mol. The van der Waals surface area contributed by atoms with Crippen LogP contribution in [0.15, 0.2) is 0 Å². The Kier molecular flexibility index (Phi) is 11.2. The van der Waals surface area contributed by atoms with Crippen LogP contribution in [0.4, 0.5) is 0 Å². The lowest BCUT2D eigenvalue weighted by Crippen LogP contribution is -2.30. The minimum atomic E-state index is 0.579. The molecule has 6 N–H and O–H groups in total. The Morgan fingerprint density at radius 3 is 2.25 bits per heavy atom. The monoisotopic (exact) mass is 230 g/mol. The van der Waals surface area contributed by atoms with Crippen LogP contribution < -0.4 is 22.1 Å². The molecule has 4 heteroatoms. The largest absolute Gasteiger partial charge is 0.330 e. The van der Waals surface area contributed by atoms with Crippen molar-refractivity contribution in [3.05, 3.63) is 0 Å². The molecule has 2 unspecified atom stereocenters. The predicted octanol–water partition coefficient (Wildman–Crippen LogP) is 0.135. The fourth-order valence-electron chi connectivity index (χ4n) is 1.46. The first kappa shape index (κ1) is 15.8. The third-order valence-corrected chi connectivity index (χ3v) is 2.76. The van der Waals surface area contributed by atoms with Gasteiger partial charge in [0.15, 0.2) is 0 Å². The van der Waals surface area contributed by atoms with Crippen LogP contribution in [0.3, 0.4) is 0 Å². The van der Waals surface area contributed by atoms with Crippen LogP contribution in [-0.2, 0) is 0 Å². The third kappa shape index (κ3) is 10.4. The van der Waals surface area contributed by atoms with Gasteiger partial charge in [0.2, 0.25) is 0 Å². The molecule has 0 amide bonds. The van der Waals surface area contributed by atoms with Gasteiger partial charge >= 0.3 is 0 Å². The van der Waals surface area contributed by atoms with Crippen LogP contribution in [0.25, 0.3) is 0 Å². The van der Waals surface area contributed by atoms with Crippen LogP contribution in [0.1, 0.15) is 26.7 Å². The fourth-order valence-corrected chi connectivity index (χ4v) is 1.46. The minimum Gasteiger partial charge on any atom is -0.330 e. The highest BCUT2D eigenvalue weighted by molar-refractivity contribution is 4.62. The second-order valence-corrected chi connectivity index (χ2v) is 4.79. The van der Waals surface area contributed by atoms with Crippen molar-refractivity contribution >= 4 is 0 Å². The van der Waals surface area contributed by atoms with Crippen molar-refractivity contribution < 1.29 is 0 Å². The Labute approximate surface area is 101 Å². The van der Waals surface area contributed by atoms with Gasteiger partial charge in [-0.3, -0.25) is 0 Å². The summed E-state index contributed by atoms with van der Waals surface area (Å²) in [5.74, 6) is 1.30. The van der Waals surface area contributed by atoms with Gasteiger partial charge in [-0.15, -0.1) is 0 Å².